The number of rotatable bonds is 4. The van der Waals surface area contributed by atoms with Crippen molar-refractivity contribution in [2.24, 2.45) is 0 Å². The van der Waals surface area contributed by atoms with Crippen molar-refractivity contribution in [3.05, 3.63) is 28.8 Å². The molecular formula is C12H13ClO3. The van der Waals surface area contributed by atoms with Gasteiger partial charge in [-0.2, -0.15) is 0 Å². The van der Waals surface area contributed by atoms with Gasteiger partial charge in [0.2, 0.25) is 5.78 Å². The number of benzene rings is 1. The third-order valence-electron chi connectivity index (χ3n) is 1.88. The Labute approximate surface area is 99.4 Å². The Morgan fingerprint density at radius 1 is 1.31 bits per heavy atom. The summed E-state index contributed by atoms with van der Waals surface area (Å²) in [6.45, 7) is 4.99. The highest BCUT2D eigenvalue weighted by Crippen LogP contribution is 2.26. The molecule has 0 amide bonds. The molecule has 0 saturated heterocycles. The van der Waals surface area contributed by atoms with Gasteiger partial charge in [-0.25, -0.2) is 0 Å². The van der Waals surface area contributed by atoms with Crippen LogP contribution in [0.1, 0.15) is 31.1 Å². The minimum atomic E-state index is -0.544. The van der Waals surface area contributed by atoms with Gasteiger partial charge in [-0.15, -0.1) is 0 Å². The zero-order chi connectivity index (χ0) is 12.3. The van der Waals surface area contributed by atoms with E-state index in [4.69, 9.17) is 16.3 Å². The molecule has 0 aromatic heterocycles. The molecule has 0 N–H and O–H groups in total. The maximum Gasteiger partial charge on any atom is 0.228 e. The molecule has 3 nitrogen and oxygen atoms in total. The quantitative estimate of drug-likeness (QED) is 0.600. The Balaban J connectivity index is 2.99. The lowest BCUT2D eigenvalue weighted by molar-refractivity contribution is -0.113. The van der Waals surface area contributed by atoms with Crippen LogP contribution in [0, 0.1) is 0 Å². The Morgan fingerprint density at radius 2 is 1.94 bits per heavy atom. The number of Topliss-reactive ketones (excluding diaryl/α,β-unsaturated/α-hetero) is 2. The summed E-state index contributed by atoms with van der Waals surface area (Å²) in [6, 6.07) is 4.58. The molecule has 0 aliphatic carbocycles. The zero-order valence-corrected chi connectivity index (χ0v) is 10.2. The fourth-order valence-electron chi connectivity index (χ4n) is 1.19. The van der Waals surface area contributed by atoms with E-state index in [1.165, 1.54) is 19.1 Å². The summed E-state index contributed by atoms with van der Waals surface area (Å²) in [5, 5.41) is 0.334. The molecule has 0 atom stereocenters. The summed E-state index contributed by atoms with van der Waals surface area (Å²) in [6.07, 6.45) is 0.00635. The number of hydrogen-bond donors (Lipinski definition) is 0. The number of ketones is 2. The minimum absolute atomic E-state index is 0.00635. The standard InChI is InChI=1S/C12H13ClO3/c1-7(2)16-11-5-4-9(6-10(11)13)12(15)8(3)14/h4-7H,1-3H3. The van der Waals surface area contributed by atoms with Crippen molar-refractivity contribution in [3.8, 4) is 5.75 Å². The summed E-state index contributed by atoms with van der Waals surface area (Å²) in [7, 11) is 0. The average molecular weight is 241 g/mol. The van der Waals surface area contributed by atoms with Gasteiger partial charge in [0.15, 0.2) is 5.78 Å². The Morgan fingerprint density at radius 3 is 2.38 bits per heavy atom. The number of ether oxygens (including phenoxy) is 1. The van der Waals surface area contributed by atoms with Gasteiger partial charge in [0.05, 0.1) is 11.1 Å². The lowest BCUT2D eigenvalue weighted by atomic mass is 10.1. The first-order valence-electron chi connectivity index (χ1n) is 4.93. The van der Waals surface area contributed by atoms with Crippen LogP contribution in [0.2, 0.25) is 5.02 Å². The number of hydrogen-bond acceptors (Lipinski definition) is 3. The molecule has 0 aliphatic heterocycles. The second-order valence-corrected chi connectivity index (χ2v) is 4.10. The van der Waals surface area contributed by atoms with E-state index in [0.29, 0.717) is 10.8 Å². The van der Waals surface area contributed by atoms with Gasteiger partial charge < -0.3 is 4.74 Å². The monoisotopic (exact) mass is 240 g/mol. The van der Waals surface area contributed by atoms with Crippen LogP contribution in [0.25, 0.3) is 0 Å². The van der Waals surface area contributed by atoms with Crippen molar-refractivity contribution in [2.45, 2.75) is 26.9 Å². The van der Waals surface area contributed by atoms with E-state index in [1.807, 2.05) is 13.8 Å². The maximum absolute atomic E-state index is 11.4. The van der Waals surface area contributed by atoms with Crippen molar-refractivity contribution in [1.29, 1.82) is 0 Å². The summed E-state index contributed by atoms with van der Waals surface area (Å²) >= 11 is 5.93. The van der Waals surface area contributed by atoms with Crippen LogP contribution >= 0.6 is 11.6 Å². The lowest BCUT2D eigenvalue weighted by Gasteiger charge is -2.11. The maximum atomic E-state index is 11.4. The number of halogens is 1. The SMILES string of the molecule is CC(=O)C(=O)c1ccc(OC(C)C)c(Cl)c1. The Hall–Kier alpha value is -1.35. The smallest absolute Gasteiger partial charge is 0.228 e. The van der Waals surface area contributed by atoms with Gasteiger partial charge in [-0.3, -0.25) is 9.59 Å². The molecule has 0 unspecified atom stereocenters. The van der Waals surface area contributed by atoms with Crippen LogP contribution in [-0.2, 0) is 4.79 Å². The first kappa shape index (κ1) is 12.7. The van der Waals surface area contributed by atoms with E-state index in [2.05, 4.69) is 0 Å². The minimum Gasteiger partial charge on any atom is -0.489 e. The summed E-state index contributed by atoms with van der Waals surface area (Å²) in [5.41, 5.74) is 0.286. The van der Waals surface area contributed by atoms with Crippen LogP contribution in [0.3, 0.4) is 0 Å². The van der Waals surface area contributed by atoms with Crippen molar-refractivity contribution >= 4 is 23.2 Å². The molecule has 16 heavy (non-hydrogen) atoms. The van der Waals surface area contributed by atoms with Crippen molar-refractivity contribution in [2.75, 3.05) is 0 Å². The number of carbonyl (C=O) groups is 2. The second-order valence-electron chi connectivity index (χ2n) is 3.70. The van der Waals surface area contributed by atoms with E-state index in [-0.39, 0.29) is 11.7 Å². The second kappa shape index (κ2) is 5.12. The van der Waals surface area contributed by atoms with Gasteiger partial charge in [0.25, 0.3) is 0 Å². The van der Waals surface area contributed by atoms with Crippen LogP contribution in [0.5, 0.6) is 5.75 Å². The molecule has 0 bridgehead atoms. The predicted molar refractivity (Wildman–Crippen MR) is 62.2 cm³/mol. The van der Waals surface area contributed by atoms with Gasteiger partial charge >= 0.3 is 0 Å². The van der Waals surface area contributed by atoms with Gasteiger partial charge in [-0.1, -0.05) is 11.6 Å². The molecule has 0 spiro atoms. The molecule has 0 radical (unpaired) electrons. The average Bonchev–Trinajstić information content (AvgIpc) is 2.19. The first-order valence-corrected chi connectivity index (χ1v) is 5.31. The van der Waals surface area contributed by atoms with Crippen molar-refractivity contribution in [1.82, 2.24) is 0 Å². The molecule has 0 heterocycles. The van der Waals surface area contributed by atoms with Gasteiger partial charge in [0, 0.05) is 12.5 Å². The van der Waals surface area contributed by atoms with Crippen molar-refractivity contribution in [3.63, 3.8) is 0 Å². The molecule has 1 rings (SSSR count). The summed E-state index contributed by atoms with van der Waals surface area (Å²) in [4.78, 5) is 22.3. The molecule has 4 heteroatoms. The molecule has 86 valence electrons. The first-order chi connectivity index (χ1) is 7.41. The molecule has 0 saturated carbocycles. The molecule has 0 fully saturated rings. The topological polar surface area (TPSA) is 43.4 Å². The lowest BCUT2D eigenvalue weighted by Crippen LogP contribution is -2.10. The Kier molecular flexibility index (Phi) is 4.07. The Bertz CT molecular complexity index is 424. The normalized spacial score (nSPS) is 10.3. The zero-order valence-electron chi connectivity index (χ0n) is 9.41. The highest BCUT2D eigenvalue weighted by molar-refractivity contribution is 6.43. The summed E-state index contributed by atoms with van der Waals surface area (Å²) < 4.78 is 5.41. The third-order valence-corrected chi connectivity index (χ3v) is 2.17. The van der Waals surface area contributed by atoms with Crippen molar-refractivity contribution < 1.29 is 14.3 Å². The fourth-order valence-corrected chi connectivity index (χ4v) is 1.42. The van der Waals surface area contributed by atoms with Gasteiger partial charge in [0.1, 0.15) is 5.75 Å². The highest BCUT2D eigenvalue weighted by Gasteiger charge is 2.13. The van der Waals surface area contributed by atoms with Gasteiger partial charge in [-0.05, 0) is 32.0 Å². The van der Waals surface area contributed by atoms with E-state index in [1.54, 1.807) is 6.07 Å². The van der Waals surface area contributed by atoms with Crippen LogP contribution < -0.4 is 4.74 Å². The largest absolute Gasteiger partial charge is 0.489 e. The number of carbonyl (C=O) groups excluding carboxylic acids is 2. The molecule has 1 aromatic rings. The van der Waals surface area contributed by atoms with E-state index in [0.717, 1.165) is 0 Å². The summed E-state index contributed by atoms with van der Waals surface area (Å²) in [5.74, 6) is -0.539. The van der Waals surface area contributed by atoms with E-state index >= 15 is 0 Å². The van der Waals surface area contributed by atoms with E-state index in [9.17, 15) is 9.59 Å². The third kappa shape index (κ3) is 3.07. The van der Waals surface area contributed by atoms with E-state index < -0.39 is 11.6 Å². The highest BCUT2D eigenvalue weighted by atomic mass is 35.5. The molecule has 1 aromatic carbocycles. The van der Waals surface area contributed by atoms with Crippen LogP contribution in [-0.4, -0.2) is 17.7 Å². The molecule has 0 aliphatic rings. The molecular weight excluding hydrogens is 228 g/mol. The fraction of sp³-hybridized carbons (Fsp3) is 0.333. The van der Waals surface area contributed by atoms with Crippen LogP contribution in [0.15, 0.2) is 18.2 Å². The predicted octanol–water partition coefficient (Wildman–Crippen LogP) is 2.90. The van der Waals surface area contributed by atoms with Crippen LogP contribution in [0.4, 0.5) is 0 Å².